The molecule has 0 amide bonds. The Balaban J connectivity index is 0.00000113. The summed E-state index contributed by atoms with van der Waals surface area (Å²) in [5.74, 6) is 0.0985. The summed E-state index contributed by atoms with van der Waals surface area (Å²) in [6.45, 7) is 0. The zero-order valence-electron chi connectivity index (χ0n) is 14.0. The average molecular weight is 328 g/mol. The van der Waals surface area contributed by atoms with Gasteiger partial charge in [-0.05, 0) is 35.7 Å². The number of hydrogen-bond acceptors (Lipinski definition) is 3. The predicted molar refractivity (Wildman–Crippen MR) is 90.4 cm³/mol. The van der Waals surface area contributed by atoms with Crippen molar-refractivity contribution < 1.29 is 36.1 Å². The van der Waals surface area contributed by atoms with E-state index in [4.69, 9.17) is 0 Å². The van der Waals surface area contributed by atoms with Crippen molar-refractivity contribution in [3.63, 3.8) is 0 Å². The second-order valence-corrected chi connectivity index (χ2v) is 5.29. The minimum absolute atomic E-state index is 0. The van der Waals surface area contributed by atoms with Crippen LogP contribution >= 0.6 is 0 Å². The molecule has 0 bridgehead atoms. The molecule has 5 nitrogen and oxygen atoms in total. The molecule has 0 atom stereocenters. The maximum atomic E-state index is 12.4. The smallest absolute Gasteiger partial charge is 1.00 e. The van der Waals surface area contributed by atoms with Gasteiger partial charge in [0.25, 0.3) is 0 Å². The molecule has 24 heavy (non-hydrogen) atoms. The average Bonchev–Trinajstić information content (AvgIpc) is 2.57. The van der Waals surface area contributed by atoms with E-state index in [0.717, 1.165) is 10.8 Å². The fraction of sp³-hybridized carbons (Fsp3) is 0. The van der Waals surface area contributed by atoms with Crippen molar-refractivity contribution in [2.75, 3.05) is 0 Å². The Bertz CT molecular complexity index is 1170. The van der Waals surface area contributed by atoms with Crippen molar-refractivity contribution in [3.05, 3.63) is 81.4 Å². The predicted octanol–water partition coefficient (Wildman–Crippen LogP) is -0.346. The minimum atomic E-state index is -0.679. The molecule has 2 N–H and O–H groups in total. The summed E-state index contributed by atoms with van der Waals surface area (Å²) in [4.78, 5) is 27.1. The van der Waals surface area contributed by atoms with Gasteiger partial charge < -0.3 is 11.5 Å². The van der Waals surface area contributed by atoms with Gasteiger partial charge in [-0.3, -0.25) is 14.2 Å². The quantitative estimate of drug-likeness (QED) is 0.285. The molecule has 0 aliphatic heterocycles. The standard InChI is InChI=1S/C18H12N2O3.Na.H/c21-13-8-6-12(7-9-13)20-15-10-5-11-3-1-2-4-14(11)16(15)19-17(22)18(20)23;;/h1-10,21H,(H,19,22);;/q;+1;-1. The van der Waals surface area contributed by atoms with Crippen LogP contribution in [0.1, 0.15) is 1.43 Å². The van der Waals surface area contributed by atoms with E-state index < -0.39 is 11.1 Å². The first kappa shape index (κ1) is 16.5. The summed E-state index contributed by atoms with van der Waals surface area (Å²) in [6, 6.07) is 17.5. The molecular formula is C18H13N2NaO3. The SMILES string of the molecule is O=c1[nH]c2c3ccccc3ccc2n(-c2ccc(O)cc2)c1=O.[H-].[Na+]. The van der Waals surface area contributed by atoms with Crippen LogP contribution in [-0.4, -0.2) is 14.7 Å². The number of aromatic amines is 1. The van der Waals surface area contributed by atoms with Gasteiger partial charge in [-0.1, -0.05) is 30.3 Å². The molecule has 0 spiro atoms. The third kappa shape index (κ3) is 2.57. The number of rotatable bonds is 1. The van der Waals surface area contributed by atoms with E-state index in [1.165, 1.54) is 16.7 Å². The van der Waals surface area contributed by atoms with Crippen LogP contribution in [0.25, 0.3) is 27.5 Å². The maximum absolute atomic E-state index is 12.4. The van der Waals surface area contributed by atoms with Crippen molar-refractivity contribution in [2.24, 2.45) is 0 Å². The van der Waals surface area contributed by atoms with Gasteiger partial charge in [0.1, 0.15) is 5.75 Å². The molecule has 3 aromatic carbocycles. The Kier molecular flexibility index (Phi) is 4.32. The first-order valence-corrected chi connectivity index (χ1v) is 7.11. The molecular weight excluding hydrogens is 315 g/mol. The number of aromatic nitrogens is 2. The van der Waals surface area contributed by atoms with Gasteiger partial charge in [0.15, 0.2) is 0 Å². The van der Waals surface area contributed by atoms with Crippen LogP contribution < -0.4 is 40.7 Å². The van der Waals surface area contributed by atoms with Crippen LogP contribution in [0.4, 0.5) is 0 Å². The Labute approximate surface area is 160 Å². The van der Waals surface area contributed by atoms with Crippen molar-refractivity contribution >= 4 is 21.8 Å². The Hall–Kier alpha value is -2.34. The largest absolute Gasteiger partial charge is 1.00 e. The summed E-state index contributed by atoms with van der Waals surface area (Å²) in [5, 5.41) is 11.3. The topological polar surface area (TPSA) is 75.1 Å². The number of aromatic hydroxyl groups is 1. The van der Waals surface area contributed by atoms with E-state index in [9.17, 15) is 14.7 Å². The van der Waals surface area contributed by atoms with Crippen LogP contribution in [0.2, 0.25) is 0 Å². The molecule has 0 saturated heterocycles. The Morgan fingerprint density at radius 1 is 0.917 bits per heavy atom. The number of H-pyrrole nitrogens is 1. The number of nitrogens with one attached hydrogen (secondary N) is 1. The zero-order valence-corrected chi connectivity index (χ0v) is 15.0. The fourth-order valence-electron chi connectivity index (χ4n) is 2.81. The molecule has 4 aromatic rings. The second-order valence-electron chi connectivity index (χ2n) is 5.29. The fourth-order valence-corrected chi connectivity index (χ4v) is 2.81. The van der Waals surface area contributed by atoms with E-state index in [1.54, 1.807) is 12.1 Å². The summed E-state index contributed by atoms with van der Waals surface area (Å²) >= 11 is 0. The number of fused-ring (bicyclic) bond motifs is 3. The van der Waals surface area contributed by atoms with Gasteiger partial charge in [0.2, 0.25) is 0 Å². The monoisotopic (exact) mass is 328 g/mol. The van der Waals surface area contributed by atoms with Crippen LogP contribution in [0.5, 0.6) is 5.75 Å². The summed E-state index contributed by atoms with van der Waals surface area (Å²) < 4.78 is 1.36. The summed E-state index contributed by atoms with van der Waals surface area (Å²) in [6.07, 6.45) is 0. The van der Waals surface area contributed by atoms with Gasteiger partial charge in [-0.2, -0.15) is 0 Å². The van der Waals surface area contributed by atoms with Gasteiger partial charge in [0.05, 0.1) is 11.0 Å². The van der Waals surface area contributed by atoms with E-state index in [1.807, 2.05) is 36.4 Å². The summed E-state index contributed by atoms with van der Waals surface area (Å²) in [5.41, 5.74) is 0.416. The first-order chi connectivity index (χ1) is 11.1. The Morgan fingerprint density at radius 2 is 1.62 bits per heavy atom. The third-order valence-corrected chi connectivity index (χ3v) is 3.89. The van der Waals surface area contributed by atoms with E-state index in [2.05, 4.69) is 4.98 Å². The molecule has 4 rings (SSSR count). The number of phenolic OH excluding ortho intramolecular Hbond substituents is 1. The molecule has 6 heteroatoms. The van der Waals surface area contributed by atoms with Crippen LogP contribution in [0.3, 0.4) is 0 Å². The van der Waals surface area contributed by atoms with E-state index in [-0.39, 0.29) is 36.7 Å². The van der Waals surface area contributed by atoms with Gasteiger partial charge in [-0.15, -0.1) is 0 Å². The molecule has 0 aliphatic rings. The van der Waals surface area contributed by atoms with Crippen molar-refractivity contribution in [2.45, 2.75) is 0 Å². The van der Waals surface area contributed by atoms with Gasteiger partial charge in [0, 0.05) is 11.1 Å². The first-order valence-electron chi connectivity index (χ1n) is 7.11. The number of phenols is 1. The molecule has 0 radical (unpaired) electrons. The molecule has 0 fully saturated rings. The third-order valence-electron chi connectivity index (χ3n) is 3.89. The molecule has 0 aliphatic carbocycles. The van der Waals surface area contributed by atoms with Crippen LogP contribution in [0.15, 0.2) is 70.3 Å². The number of nitrogens with zero attached hydrogens (tertiary/aromatic N) is 1. The van der Waals surface area contributed by atoms with E-state index in [0.29, 0.717) is 16.7 Å². The number of benzene rings is 3. The zero-order chi connectivity index (χ0) is 16.0. The molecule has 0 saturated carbocycles. The van der Waals surface area contributed by atoms with Crippen molar-refractivity contribution in [3.8, 4) is 11.4 Å². The molecule has 1 heterocycles. The van der Waals surface area contributed by atoms with Crippen LogP contribution in [0, 0.1) is 0 Å². The Morgan fingerprint density at radius 3 is 2.38 bits per heavy atom. The molecule has 0 unspecified atom stereocenters. The maximum Gasteiger partial charge on any atom is 1.00 e. The minimum Gasteiger partial charge on any atom is -1.00 e. The van der Waals surface area contributed by atoms with Gasteiger partial charge in [-0.25, -0.2) is 0 Å². The van der Waals surface area contributed by atoms with Crippen molar-refractivity contribution in [1.82, 2.24) is 9.55 Å². The molecule has 1 aromatic heterocycles. The second kappa shape index (κ2) is 6.28. The van der Waals surface area contributed by atoms with Gasteiger partial charge >= 0.3 is 40.7 Å². The normalized spacial score (nSPS) is 10.7. The van der Waals surface area contributed by atoms with Crippen molar-refractivity contribution in [1.29, 1.82) is 0 Å². The number of hydrogen-bond donors (Lipinski definition) is 2. The molecule has 114 valence electrons. The van der Waals surface area contributed by atoms with Crippen LogP contribution in [-0.2, 0) is 0 Å². The van der Waals surface area contributed by atoms with E-state index >= 15 is 0 Å². The summed E-state index contributed by atoms with van der Waals surface area (Å²) in [7, 11) is 0.